The monoisotopic (exact) mass is 369 g/mol. The molecule has 0 saturated heterocycles. The van der Waals surface area contributed by atoms with Crippen LogP contribution in [0, 0.1) is 0 Å². The molecule has 0 amide bonds. The number of anilines is 2. The number of rotatable bonds is 8. The van der Waals surface area contributed by atoms with E-state index in [4.69, 9.17) is 0 Å². The molecule has 1 fully saturated rings. The summed E-state index contributed by atoms with van der Waals surface area (Å²) in [6, 6.07) is 3.81. The molecular formula is C20H27N5O2. The van der Waals surface area contributed by atoms with Crippen LogP contribution in [-0.2, 0) is 0 Å². The zero-order chi connectivity index (χ0) is 19.1. The lowest BCUT2D eigenvalue weighted by molar-refractivity contribution is 0.112. The number of hydrogen-bond donors (Lipinski definition) is 3. The molecule has 3 N–H and O–H groups in total. The first-order chi connectivity index (χ1) is 13.2. The van der Waals surface area contributed by atoms with E-state index in [9.17, 15) is 9.90 Å². The second-order valence-corrected chi connectivity index (χ2v) is 6.98. The first kappa shape index (κ1) is 19.2. The molecule has 0 aliphatic heterocycles. The van der Waals surface area contributed by atoms with Crippen LogP contribution in [0.15, 0.2) is 24.5 Å². The molecule has 0 atom stereocenters. The van der Waals surface area contributed by atoms with Crippen molar-refractivity contribution in [3.63, 3.8) is 0 Å². The van der Waals surface area contributed by atoms with Crippen molar-refractivity contribution in [3.8, 4) is 11.3 Å². The number of aldehydes is 1. The Labute approximate surface area is 159 Å². The van der Waals surface area contributed by atoms with Crippen molar-refractivity contribution in [2.45, 2.75) is 57.6 Å². The van der Waals surface area contributed by atoms with Gasteiger partial charge in [0.25, 0.3) is 0 Å². The zero-order valence-electron chi connectivity index (χ0n) is 15.7. The summed E-state index contributed by atoms with van der Waals surface area (Å²) >= 11 is 0. The number of hydrogen-bond acceptors (Lipinski definition) is 7. The van der Waals surface area contributed by atoms with Crippen molar-refractivity contribution in [1.29, 1.82) is 0 Å². The molecule has 1 saturated carbocycles. The lowest BCUT2D eigenvalue weighted by atomic mass is 9.93. The largest absolute Gasteiger partial charge is 0.393 e. The maximum atomic E-state index is 10.9. The number of carbonyl (C=O) groups excluding carboxylic acids is 1. The highest BCUT2D eigenvalue weighted by Gasteiger charge is 2.21. The van der Waals surface area contributed by atoms with Crippen LogP contribution in [-0.4, -0.2) is 45.0 Å². The summed E-state index contributed by atoms with van der Waals surface area (Å²) in [5, 5.41) is 16.5. The topological polar surface area (TPSA) is 100 Å². The predicted molar refractivity (Wildman–Crippen MR) is 106 cm³/mol. The van der Waals surface area contributed by atoms with Crippen molar-refractivity contribution in [3.05, 3.63) is 30.1 Å². The predicted octanol–water partition coefficient (Wildman–Crippen LogP) is 3.28. The molecule has 0 unspecified atom stereocenters. The zero-order valence-corrected chi connectivity index (χ0v) is 15.7. The van der Waals surface area contributed by atoms with Gasteiger partial charge in [0, 0.05) is 30.5 Å². The summed E-state index contributed by atoms with van der Waals surface area (Å²) in [5.41, 5.74) is 2.06. The van der Waals surface area contributed by atoms with Crippen molar-refractivity contribution in [2.75, 3.05) is 17.2 Å². The van der Waals surface area contributed by atoms with E-state index in [1.807, 2.05) is 6.07 Å². The van der Waals surface area contributed by atoms with Crippen molar-refractivity contribution >= 4 is 18.1 Å². The van der Waals surface area contributed by atoms with Crippen molar-refractivity contribution in [1.82, 2.24) is 15.0 Å². The molecule has 0 bridgehead atoms. The summed E-state index contributed by atoms with van der Waals surface area (Å²) < 4.78 is 0. The molecule has 27 heavy (non-hydrogen) atoms. The molecule has 0 radical (unpaired) electrons. The Morgan fingerprint density at radius 2 is 2.00 bits per heavy atom. The van der Waals surface area contributed by atoms with E-state index < -0.39 is 0 Å². The van der Waals surface area contributed by atoms with Gasteiger partial charge in [0.1, 0.15) is 5.82 Å². The van der Waals surface area contributed by atoms with Gasteiger partial charge in [0.05, 0.1) is 17.4 Å². The van der Waals surface area contributed by atoms with Gasteiger partial charge in [0.2, 0.25) is 5.95 Å². The molecule has 2 aromatic rings. The molecule has 2 heterocycles. The number of unbranched alkanes of at least 4 members (excludes halogenated alkanes) is 1. The first-order valence-corrected chi connectivity index (χ1v) is 9.66. The molecule has 3 rings (SSSR count). The van der Waals surface area contributed by atoms with Crippen LogP contribution >= 0.6 is 0 Å². The molecule has 7 nitrogen and oxygen atoms in total. The first-order valence-electron chi connectivity index (χ1n) is 9.66. The summed E-state index contributed by atoms with van der Waals surface area (Å²) in [4.78, 5) is 24.3. The van der Waals surface area contributed by atoms with Crippen LogP contribution in [0.3, 0.4) is 0 Å². The fraction of sp³-hybridized carbons (Fsp3) is 0.500. The Morgan fingerprint density at radius 3 is 2.67 bits per heavy atom. The van der Waals surface area contributed by atoms with Crippen molar-refractivity contribution in [2.24, 2.45) is 0 Å². The number of aliphatic hydroxyl groups is 1. The molecule has 0 aromatic carbocycles. The maximum absolute atomic E-state index is 10.9. The Hall–Kier alpha value is -2.54. The molecular weight excluding hydrogens is 342 g/mol. The van der Waals surface area contributed by atoms with Gasteiger partial charge in [0.15, 0.2) is 6.29 Å². The summed E-state index contributed by atoms with van der Waals surface area (Å²) in [6.07, 6.45) is 9.47. The Balaban J connectivity index is 1.84. The minimum atomic E-state index is -0.197. The summed E-state index contributed by atoms with van der Waals surface area (Å²) in [7, 11) is 0. The quantitative estimate of drug-likeness (QED) is 0.485. The van der Waals surface area contributed by atoms with E-state index in [0.29, 0.717) is 11.5 Å². The van der Waals surface area contributed by atoms with E-state index in [-0.39, 0.29) is 12.1 Å². The normalized spacial score (nSPS) is 19.5. The van der Waals surface area contributed by atoms with Gasteiger partial charge in [-0.05, 0) is 44.2 Å². The van der Waals surface area contributed by atoms with Crippen LogP contribution in [0.5, 0.6) is 0 Å². The molecule has 144 valence electrons. The van der Waals surface area contributed by atoms with E-state index in [0.717, 1.165) is 68.4 Å². The molecule has 7 heteroatoms. The van der Waals surface area contributed by atoms with Crippen molar-refractivity contribution < 1.29 is 9.90 Å². The van der Waals surface area contributed by atoms with Gasteiger partial charge >= 0.3 is 0 Å². The molecule has 1 aliphatic rings. The number of aromatic nitrogens is 3. The fourth-order valence-electron chi connectivity index (χ4n) is 3.19. The third-order valence-corrected chi connectivity index (χ3v) is 4.84. The maximum Gasteiger partial charge on any atom is 0.224 e. The summed E-state index contributed by atoms with van der Waals surface area (Å²) in [6.45, 7) is 2.97. The SMILES string of the molecule is CCCCNc1ncc(-c2ccc(C=O)cn2)c(N[C@H]2CC[C@H](O)CC2)n1. The van der Waals surface area contributed by atoms with E-state index in [2.05, 4.69) is 32.5 Å². The van der Waals surface area contributed by atoms with Crippen LogP contribution in [0.25, 0.3) is 11.3 Å². The fourth-order valence-corrected chi connectivity index (χ4v) is 3.19. The number of nitrogens with one attached hydrogen (secondary N) is 2. The third kappa shape index (κ3) is 5.23. The van der Waals surface area contributed by atoms with Gasteiger partial charge in [-0.2, -0.15) is 4.98 Å². The highest BCUT2D eigenvalue weighted by Crippen LogP contribution is 2.28. The van der Waals surface area contributed by atoms with Crippen LogP contribution in [0.2, 0.25) is 0 Å². The van der Waals surface area contributed by atoms with E-state index in [1.54, 1.807) is 18.5 Å². The van der Waals surface area contributed by atoms with Crippen LogP contribution in [0.4, 0.5) is 11.8 Å². The van der Waals surface area contributed by atoms with Gasteiger partial charge in [-0.15, -0.1) is 0 Å². The minimum Gasteiger partial charge on any atom is -0.393 e. The van der Waals surface area contributed by atoms with Gasteiger partial charge in [-0.3, -0.25) is 9.78 Å². The number of aliphatic hydroxyl groups excluding tert-OH is 1. The number of carbonyl (C=O) groups is 1. The smallest absolute Gasteiger partial charge is 0.224 e. The van der Waals surface area contributed by atoms with E-state index in [1.165, 1.54) is 0 Å². The Bertz CT molecular complexity index is 743. The van der Waals surface area contributed by atoms with Gasteiger partial charge in [-0.25, -0.2) is 4.98 Å². The van der Waals surface area contributed by atoms with Crippen LogP contribution in [0.1, 0.15) is 55.8 Å². The third-order valence-electron chi connectivity index (χ3n) is 4.84. The van der Waals surface area contributed by atoms with Gasteiger partial charge in [-0.1, -0.05) is 13.3 Å². The van der Waals surface area contributed by atoms with Crippen LogP contribution < -0.4 is 10.6 Å². The summed E-state index contributed by atoms with van der Waals surface area (Å²) in [5.74, 6) is 1.33. The number of pyridine rings is 1. The van der Waals surface area contributed by atoms with Gasteiger partial charge < -0.3 is 15.7 Å². The minimum absolute atomic E-state index is 0.197. The Morgan fingerprint density at radius 1 is 1.19 bits per heavy atom. The lowest BCUT2D eigenvalue weighted by Gasteiger charge is -2.27. The van der Waals surface area contributed by atoms with E-state index >= 15 is 0 Å². The number of nitrogens with zero attached hydrogens (tertiary/aromatic N) is 3. The molecule has 0 spiro atoms. The Kier molecular flexibility index (Phi) is 6.70. The highest BCUT2D eigenvalue weighted by molar-refractivity contribution is 5.77. The molecule has 1 aliphatic carbocycles. The average molecular weight is 369 g/mol. The second-order valence-electron chi connectivity index (χ2n) is 6.98. The average Bonchev–Trinajstić information content (AvgIpc) is 2.70. The highest BCUT2D eigenvalue weighted by atomic mass is 16.3. The lowest BCUT2D eigenvalue weighted by Crippen LogP contribution is -2.29. The molecule has 2 aromatic heterocycles. The standard InChI is InChI=1S/C20H27N5O2/c1-2-3-10-21-20-23-12-17(18-9-4-14(13-26)11-22-18)19(25-20)24-15-5-7-16(27)8-6-15/h4,9,11-13,15-16,27H,2-3,5-8,10H2,1H3,(H2,21,23,24,25)/t15-,16-. The second kappa shape index (κ2) is 9.41.